The summed E-state index contributed by atoms with van der Waals surface area (Å²) in [6.07, 6.45) is 3.31. The van der Waals surface area contributed by atoms with Gasteiger partial charge >= 0.3 is 0 Å². The Kier molecular flexibility index (Phi) is 6.44. The van der Waals surface area contributed by atoms with E-state index in [1.54, 1.807) is 6.08 Å². The average molecular weight is 422 g/mol. The summed E-state index contributed by atoms with van der Waals surface area (Å²) < 4.78 is 6.74. The molecule has 0 spiro atoms. The summed E-state index contributed by atoms with van der Waals surface area (Å²) in [4.78, 5) is 12.1. The van der Waals surface area contributed by atoms with Gasteiger partial charge in [0.05, 0.1) is 0 Å². The second-order valence-electron chi connectivity index (χ2n) is 6.08. The van der Waals surface area contributed by atoms with Crippen LogP contribution in [0.5, 0.6) is 5.75 Å². The lowest BCUT2D eigenvalue weighted by Gasteiger charge is -2.08. The number of anilines is 1. The molecule has 0 bridgehead atoms. The molecule has 0 aliphatic rings. The quantitative estimate of drug-likeness (QED) is 0.496. The van der Waals surface area contributed by atoms with E-state index in [-0.39, 0.29) is 5.91 Å². The molecule has 0 unspecified atom stereocenters. The first-order chi connectivity index (χ1) is 13.1. The van der Waals surface area contributed by atoms with Gasteiger partial charge in [0, 0.05) is 16.2 Å². The van der Waals surface area contributed by atoms with Crippen LogP contribution in [-0.4, -0.2) is 5.91 Å². The molecule has 0 saturated heterocycles. The van der Waals surface area contributed by atoms with Crippen LogP contribution in [0.15, 0.2) is 83.3 Å². The van der Waals surface area contributed by atoms with Crippen LogP contribution >= 0.6 is 15.9 Å². The van der Waals surface area contributed by atoms with Crippen molar-refractivity contribution in [2.45, 2.75) is 13.5 Å². The van der Waals surface area contributed by atoms with Gasteiger partial charge in [0.15, 0.2) is 0 Å². The summed E-state index contributed by atoms with van der Waals surface area (Å²) in [5.41, 5.74) is 3.85. The minimum atomic E-state index is -0.166. The summed E-state index contributed by atoms with van der Waals surface area (Å²) in [5, 5.41) is 2.89. The second-order valence-corrected chi connectivity index (χ2v) is 6.93. The van der Waals surface area contributed by atoms with Gasteiger partial charge in [-0.2, -0.15) is 0 Å². The van der Waals surface area contributed by atoms with Crippen molar-refractivity contribution in [1.82, 2.24) is 0 Å². The summed E-state index contributed by atoms with van der Waals surface area (Å²) >= 11 is 3.46. The number of amides is 1. The van der Waals surface area contributed by atoms with Crippen molar-refractivity contribution in [3.63, 3.8) is 0 Å². The molecule has 3 rings (SSSR count). The number of ether oxygens (including phenoxy) is 1. The minimum absolute atomic E-state index is 0.166. The predicted molar refractivity (Wildman–Crippen MR) is 114 cm³/mol. The van der Waals surface area contributed by atoms with E-state index >= 15 is 0 Å². The first kappa shape index (κ1) is 18.9. The summed E-state index contributed by atoms with van der Waals surface area (Å²) in [6, 6.07) is 23.4. The second kappa shape index (κ2) is 9.19. The molecule has 4 heteroatoms. The topological polar surface area (TPSA) is 38.3 Å². The lowest BCUT2D eigenvalue weighted by atomic mass is 10.2. The standard InChI is InChI=1S/C23H20BrNO2/c1-17-21(24)8-5-9-22(17)25-23(26)15-12-18-10-13-20(14-11-18)27-16-19-6-3-2-4-7-19/h2-15H,16H2,1H3,(H,25,26). The fourth-order valence-corrected chi connectivity index (χ4v) is 2.87. The fourth-order valence-electron chi connectivity index (χ4n) is 2.51. The van der Waals surface area contributed by atoms with Crippen molar-refractivity contribution in [1.29, 1.82) is 0 Å². The van der Waals surface area contributed by atoms with Crippen LogP contribution in [-0.2, 0) is 11.4 Å². The molecular formula is C23H20BrNO2. The zero-order chi connectivity index (χ0) is 19.1. The maximum absolute atomic E-state index is 12.1. The Morgan fingerprint density at radius 2 is 1.74 bits per heavy atom. The van der Waals surface area contributed by atoms with Crippen molar-refractivity contribution < 1.29 is 9.53 Å². The van der Waals surface area contributed by atoms with E-state index in [1.807, 2.05) is 79.7 Å². The highest BCUT2D eigenvalue weighted by atomic mass is 79.9. The molecule has 0 saturated carbocycles. The SMILES string of the molecule is Cc1c(Br)cccc1NC(=O)C=Cc1ccc(OCc2ccccc2)cc1. The molecule has 0 heterocycles. The number of hydrogen-bond donors (Lipinski definition) is 1. The third-order valence-corrected chi connectivity index (χ3v) is 4.94. The normalized spacial score (nSPS) is 10.7. The summed E-state index contributed by atoms with van der Waals surface area (Å²) in [5.74, 6) is 0.630. The van der Waals surface area contributed by atoms with Gasteiger partial charge in [0.25, 0.3) is 0 Å². The van der Waals surface area contributed by atoms with E-state index < -0.39 is 0 Å². The maximum atomic E-state index is 12.1. The molecule has 3 nitrogen and oxygen atoms in total. The van der Waals surface area contributed by atoms with Crippen molar-refractivity contribution in [2.24, 2.45) is 0 Å². The third-order valence-electron chi connectivity index (χ3n) is 4.08. The van der Waals surface area contributed by atoms with Gasteiger partial charge in [-0.25, -0.2) is 0 Å². The highest BCUT2D eigenvalue weighted by Crippen LogP contribution is 2.23. The molecule has 3 aromatic rings. The first-order valence-electron chi connectivity index (χ1n) is 8.63. The van der Waals surface area contributed by atoms with Crippen molar-refractivity contribution in [3.8, 4) is 5.75 Å². The molecule has 0 fully saturated rings. The van der Waals surface area contributed by atoms with Crippen LogP contribution in [0.2, 0.25) is 0 Å². The van der Waals surface area contributed by atoms with Crippen molar-refractivity contribution in [3.05, 3.63) is 100 Å². The van der Waals surface area contributed by atoms with Crippen LogP contribution in [0, 0.1) is 6.92 Å². The number of carbonyl (C=O) groups excluding carboxylic acids is 1. The van der Waals surface area contributed by atoms with E-state index in [9.17, 15) is 4.79 Å². The largest absolute Gasteiger partial charge is 0.489 e. The molecular weight excluding hydrogens is 402 g/mol. The van der Waals surface area contributed by atoms with E-state index in [4.69, 9.17) is 4.74 Å². The number of benzene rings is 3. The number of nitrogens with one attached hydrogen (secondary N) is 1. The number of carbonyl (C=O) groups is 1. The van der Waals surface area contributed by atoms with E-state index in [0.717, 1.165) is 32.6 Å². The molecule has 0 radical (unpaired) electrons. The lowest BCUT2D eigenvalue weighted by Crippen LogP contribution is -2.09. The van der Waals surface area contributed by atoms with Crippen LogP contribution < -0.4 is 10.1 Å². The Morgan fingerprint density at radius 1 is 1.00 bits per heavy atom. The van der Waals surface area contributed by atoms with Crippen molar-refractivity contribution in [2.75, 3.05) is 5.32 Å². The Bertz CT molecular complexity index is 934. The number of hydrogen-bond acceptors (Lipinski definition) is 2. The van der Waals surface area contributed by atoms with Crippen molar-refractivity contribution >= 4 is 33.6 Å². The molecule has 0 aliphatic heterocycles. The number of rotatable bonds is 6. The fraction of sp³-hybridized carbons (Fsp3) is 0.0870. The zero-order valence-electron chi connectivity index (χ0n) is 15.0. The van der Waals surface area contributed by atoms with Gasteiger partial charge in [-0.15, -0.1) is 0 Å². The van der Waals surface area contributed by atoms with Crippen LogP contribution in [0.4, 0.5) is 5.69 Å². The van der Waals surface area contributed by atoms with Gasteiger partial charge in [0.1, 0.15) is 12.4 Å². The predicted octanol–water partition coefficient (Wildman–Crippen LogP) is 5.99. The molecule has 0 aliphatic carbocycles. The molecule has 27 heavy (non-hydrogen) atoms. The van der Waals surface area contributed by atoms with E-state index in [0.29, 0.717) is 6.61 Å². The third kappa shape index (κ3) is 5.56. The molecule has 0 atom stereocenters. The van der Waals surface area contributed by atoms with E-state index in [2.05, 4.69) is 21.2 Å². The highest BCUT2D eigenvalue weighted by Gasteiger charge is 2.04. The van der Waals surface area contributed by atoms with E-state index in [1.165, 1.54) is 6.08 Å². The monoisotopic (exact) mass is 421 g/mol. The smallest absolute Gasteiger partial charge is 0.248 e. The molecule has 0 aromatic heterocycles. The van der Waals surface area contributed by atoms with Crippen LogP contribution in [0.3, 0.4) is 0 Å². The van der Waals surface area contributed by atoms with Gasteiger partial charge in [-0.1, -0.05) is 64.5 Å². The Hall–Kier alpha value is -2.85. The molecule has 3 aromatic carbocycles. The molecule has 1 N–H and O–H groups in total. The van der Waals surface area contributed by atoms with Gasteiger partial charge in [0.2, 0.25) is 5.91 Å². The molecule has 1 amide bonds. The Balaban J connectivity index is 1.55. The lowest BCUT2D eigenvalue weighted by molar-refractivity contribution is -0.111. The Morgan fingerprint density at radius 3 is 2.48 bits per heavy atom. The highest BCUT2D eigenvalue weighted by molar-refractivity contribution is 9.10. The summed E-state index contributed by atoms with van der Waals surface area (Å²) in [7, 11) is 0. The molecule has 136 valence electrons. The average Bonchev–Trinajstić information content (AvgIpc) is 2.70. The van der Waals surface area contributed by atoms with Crippen LogP contribution in [0.1, 0.15) is 16.7 Å². The summed E-state index contributed by atoms with van der Waals surface area (Å²) in [6.45, 7) is 2.49. The van der Waals surface area contributed by atoms with Gasteiger partial charge in [-0.3, -0.25) is 4.79 Å². The Labute approximate surface area is 167 Å². The van der Waals surface area contributed by atoms with Crippen LogP contribution in [0.25, 0.3) is 6.08 Å². The van der Waals surface area contributed by atoms with Gasteiger partial charge in [-0.05, 0) is 54.0 Å². The first-order valence-corrected chi connectivity index (χ1v) is 9.42. The minimum Gasteiger partial charge on any atom is -0.489 e. The maximum Gasteiger partial charge on any atom is 0.248 e. The zero-order valence-corrected chi connectivity index (χ0v) is 16.6. The van der Waals surface area contributed by atoms with Gasteiger partial charge < -0.3 is 10.1 Å². The number of halogens is 1.